The maximum absolute atomic E-state index is 3.56. The van der Waals surface area contributed by atoms with Gasteiger partial charge in [0.05, 0.1) is 0 Å². The first-order chi connectivity index (χ1) is 11.5. The molecule has 2 aliphatic rings. The second kappa shape index (κ2) is 10.7. The predicted octanol–water partition coefficient (Wildman–Crippen LogP) is -0.531. The Bertz CT molecular complexity index is 776. The second-order valence-corrected chi connectivity index (χ2v) is 7.30. The molecular formula is C23H29Cl2CrN. The van der Waals surface area contributed by atoms with E-state index in [4.69, 9.17) is 0 Å². The zero-order chi connectivity index (χ0) is 17.3. The molecule has 2 aliphatic carbocycles. The zero-order valence-electron chi connectivity index (χ0n) is 16.8. The van der Waals surface area contributed by atoms with Crippen LogP contribution in [-0.4, -0.2) is 12.6 Å². The molecule has 1 aromatic carbocycles. The molecule has 2 atom stereocenters. The number of hydrogen-bond donors (Lipinski definition) is 1. The Morgan fingerprint density at radius 3 is 2.22 bits per heavy atom. The SMILES string of the molecule is CNC1(Cc2ccccc2C2=C(C)C(C)=C(C)C2C)C=CC=CC1.[Cl-].[Cl-].[Cr+2]. The smallest absolute Gasteiger partial charge is 1.00 e. The molecule has 0 fully saturated rings. The van der Waals surface area contributed by atoms with Crippen molar-refractivity contribution < 1.29 is 42.2 Å². The molecule has 0 spiro atoms. The van der Waals surface area contributed by atoms with Crippen molar-refractivity contribution in [2.75, 3.05) is 7.05 Å². The monoisotopic (exact) mass is 441 g/mol. The van der Waals surface area contributed by atoms with Crippen LogP contribution in [0.5, 0.6) is 0 Å². The number of hydrogen-bond acceptors (Lipinski definition) is 1. The summed E-state index contributed by atoms with van der Waals surface area (Å²) in [5, 5.41) is 3.56. The normalized spacial score (nSPS) is 23.7. The number of halogens is 2. The first-order valence-corrected chi connectivity index (χ1v) is 8.99. The van der Waals surface area contributed by atoms with Gasteiger partial charge in [-0.25, -0.2) is 0 Å². The molecule has 2 unspecified atom stereocenters. The summed E-state index contributed by atoms with van der Waals surface area (Å²) in [7, 11) is 2.07. The van der Waals surface area contributed by atoms with Crippen molar-refractivity contribution in [3.05, 3.63) is 76.4 Å². The molecule has 4 heteroatoms. The fourth-order valence-electron chi connectivity index (χ4n) is 4.15. The Morgan fingerprint density at radius 1 is 1.04 bits per heavy atom. The minimum Gasteiger partial charge on any atom is -1.00 e. The third kappa shape index (κ3) is 5.00. The molecule has 146 valence electrons. The first kappa shape index (κ1) is 26.3. The van der Waals surface area contributed by atoms with Gasteiger partial charge >= 0.3 is 17.4 Å². The van der Waals surface area contributed by atoms with Crippen LogP contribution in [-0.2, 0) is 23.8 Å². The number of allylic oxidation sites excluding steroid dienone is 6. The van der Waals surface area contributed by atoms with Crippen molar-refractivity contribution in [3.8, 4) is 0 Å². The summed E-state index contributed by atoms with van der Waals surface area (Å²) < 4.78 is 0. The van der Waals surface area contributed by atoms with Crippen LogP contribution in [0, 0.1) is 5.92 Å². The molecular weight excluding hydrogens is 413 g/mol. The van der Waals surface area contributed by atoms with Crippen LogP contribution < -0.4 is 30.1 Å². The van der Waals surface area contributed by atoms with E-state index in [-0.39, 0.29) is 47.7 Å². The van der Waals surface area contributed by atoms with Crippen LogP contribution in [0.25, 0.3) is 5.57 Å². The molecule has 1 aromatic rings. The minimum absolute atomic E-state index is 0. The van der Waals surface area contributed by atoms with Crippen LogP contribution in [0.1, 0.15) is 45.2 Å². The van der Waals surface area contributed by atoms with Gasteiger partial charge in [0.1, 0.15) is 0 Å². The summed E-state index contributed by atoms with van der Waals surface area (Å²) >= 11 is 0. The van der Waals surface area contributed by atoms with Crippen LogP contribution in [0.2, 0.25) is 0 Å². The van der Waals surface area contributed by atoms with E-state index in [1.807, 2.05) is 0 Å². The van der Waals surface area contributed by atoms with Crippen molar-refractivity contribution in [2.45, 2.75) is 46.1 Å². The van der Waals surface area contributed by atoms with E-state index in [1.54, 1.807) is 0 Å². The Balaban J connectivity index is 0.00000225. The van der Waals surface area contributed by atoms with Gasteiger partial charge in [-0.05, 0) is 68.5 Å². The summed E-state index contributed by atoms with van der Waals surface area (Å²) in [5.41, 5.74) is 8.86. The van der Waals surface area contributed by atoms with Crippen LogP contribution in [0.15, 0.2) is 65.3 Å². The summed E-state index contributed by atoms with van der Waals surface area (Å²) in [6, 6.07) is 8.96. The molecule has 0 saturated heterocycles. The average Bonchev–Trinajstić information content (AvgIpc) is 2.80. The Hall–Kier alpha value is -0.748. The number of nitrogens with one attached hydrogen (secondary N) is 1. The molecule has 3 rings (SSSR count). The maximum atomic E-state index is 3.56. The molecule has 1 N–H and O–H groups in total. The van der Waals surface area contributed by atoms with Gasteiger partial charge in [-0.1, -0.05) is 61.1 Å². The van der Waals surface area contributed by atoms with Gasteiger partial charge < -0.3 is 30.1 Å². The fourth-order valence-corrected chi connectivity index (χ4v) is 4.15. The summed E-state index contributed by atoms with van der Waals surface area (Å²) in [4.78, 5) is 0. The summed E-state index contributed by atoms with van der Waals surface area (Å²) in [5.74, 6) is 0.512. The largest absolute Gasteiger partial charge is 2.00 e. The van der Waals surface area contributed by atoms with Gasteiger partial charge in [-0.15, -0.1) is 0 Å². The summed E-state index contributed by atoms with van der Waals surface area (Å²) in [6.45, 7) is 9.17. The van der Waals surface area contributed by atoms with Crippen molar-refractivity contribution in [2.24, 2.45) is 5.92 Å². The molecule has 27 heavy (non-hydrogen) atoms. The molecule has 0 saturated carbocycles. The van der Waals surface area contributed by atoms with E-state index in [1.165, 1.54) is 33.4 Å². The Kier molecular flexibility index (Phi) is 10.4. The van der Waals surface area contributed by atoms with Crippen LogP contribution in [0.4, 0.5) is 0 Å². The van der Waals surface area contributed by atoms with E-state index >= 15 is 0 Å². The number of benzene rings is 1. The maximum Gasteiger partial charge on any atom is 2.00 e. The van der Waals surface area contributed by atoms with E-state index in [0.29, 0.717) is 5.92 Å². The first-order valence-electron chi connectivity index (χ1n) is 8.99. The molecule has 0 aromatic heterocycles. The van der Waals surface area contributed by atoms with Crippen molar-refractivity contribution in [1.29, 1.82) is 0 Å². The zero-order valence-corrected chi connectivity index (χ0v) is 19.6. The van der Waals surface area contributed by atoms with Gasteiger partial charge in [0.2, 0.25) is 0 Å². The average molecular weight is 442 g/mol. The molecule has 1 nitrogen and oxygen atoms in total. The van der Waals surface area contributed by atoms with Crippen LogP contribution >= 0.6 is 0 Å². The van der Waals surface area contributed by atoms with E-state index < -0.39 is 0 Å². The number of likely N-dealkylation sites (N-methyl/N-ethyl adjacent to an activating group) is 1. The molecule has 0 heterocycles. The third-order valence-electron chi connectivity index (χ3n) is 6.10. The Morgan fingerprint density at radius 2 is 1.70 bits per heavy atom. The molecule has 0 radical (unpaired) electrons. The van der Waals surface area contributed by atoms with Gasteiger partial charge in [0, 0.05) is 11.5 Å². The van der Waals surface area contributed by atoms with Gasteiger partial charge in [-0.2, -0.15) is 0 Å². The van der Waals surface area contributed by atoms with E-state index in [2.05, 4.69) is 88.6 Å². The van der Waals surface area contributed by atoms with E-state index in [9.17, 15) is 0 Å². The van der Waals surface area contributed by atoms with Crippen LogP contribution in [0.3, 0.4) is 0 Å². The fraction of sp³-hybridized carbons (Fsp3) is 0.391. The molecule has 0 amide bonds. The third-order valence-corrected chi connectivity index (χ3v) is 6.10. The minimum atomic E-state index is 0. The van der Waals surface area contributed by atoms with Crippen molar-refractivity contribution in [1.82, 2.24) is 5.32 Å². The topological polar surface area (TPSA) is 12.0 Å². The molecule has 0 bridgehead atoms. The quantitative estimate of drug-likeness (QED) is 0.662. The van der Waals surface area contributed by atoms with Gasteiger partial charge in [-0.3, -0.25) is 0 Å². The van der Waals surface area contributed by atoms with Gasteiger partial charge in [0.15, 0.2) is 0 Å². The second-order valence-electron chi connectivity index (χ2n) is 7.30. The predicted molar refractivity (Wildman–Crippen MR) is 105 cm³/mol. The van der Waals surface area contributed by atoms with E-state index in [0.717, 1.165) is 12.8 Å². The Labute approximate surface area is 188 Å². The van der Waals surface area contributed by atoms with Crippen molar-refractivity contribution >= 4 is 5.57 Å². The number of rotatable bonds is 4. The summed E-state index contributed by atoms with van der Waals surface area (Å²) in [6.07, 6.45) is 10.9. The standard InChI is InChI=1S/C23H29N.2ClH.Cr/c1-16-17(2)19(4)22(18(16)3)21-12-8-7-11-20(21)15-23(24-5)13-9-6-10-14-23;;;/h6-13,18,24H,14-15H2,1-5H3;2*1H;/q;;;+2/p-2. The van der Waals surface area contributed by atoms with Gasteiger partial charge in [0.25, 0.3) is 0 Å². The molecule has 0 aliphatic heterocycles. The van der Waals surface area contributed by atoms with Crippen molar-refractivity contribution in [3.63, 3.8) is 0 Å².